The Kier molecular flexibility index (Phi) is 3.72. The van der Waals surface area contributed by atoms with Crippen LogP contribution in [0, 0.1) is 0 Å². The number of carbonyl (C=O) groups excluding carboxylic acids is 1. The highest BCUT2D eigenvalue weighted by molar-refractivity contribution is 6.35. The summed E-state index contributed by atoms with van der Waals surface area (Å²) in [4.78, 5) is 14.5. The fourth-order valence-corrected chi connectivity index (χ4v) is 1.79. The quantitative estimate of drug-likeness (QED) is 0.738. The van der Waals surface area contributed by atoms with Crippen LogP contribution in [-0.4, -0.2) is 11.0 Å². The molecule has 0 aromatic carbocycles. The van der Waals surface area contributed by atoms with E-state index >= 15 is 0 Å². The van der Waals surface area contributed by atoms with Gasteiger partial charge in [-0.15, -0.1) is 0 Å². The van der Waals surface area contributed by atoms with Crippen LogP contribution in [0.25, 0.3) is 0 Å². The highest BCUT2D eigenvalue weighted by Gasteiger charge is 2.16. The molecule has 0 spiro atoms. The molecular weight excluding hydrogens is 225 g/mol. The van der Waals surface area contributed by atoms with Crippen LogP contribution >= 0.6 is 23.2 Å². The lowest BCUT2D eigenvalue weighted by molar-refractivity contribution is -0.145. The molecule has 76 valence electrons. The lowest BCUT2D eigenvalue weighted by Crippen LogP contribution is -2.06. The normalized spacial score (nSPS) is 12.3. The van der Waals surface area contributed by atoms with Crippen molar-refractivity contribution >= 4 is 29.2 Å². The molecule has 1 heterocycles. The number of hydrogen-bond donors (Lipinski definition) is 0. The standard InChI is InChI=1S/C9H9Cl2NO2/c1-5(14-6(2)13)9-7(10)3-12-4-8(9)11/h3-5H,1-2H3/t5-/m0/s1. The molecule has 0 aliphatic heterocycles. The lowest BCUT2D eigenvalue weighted by atomic mass is 10.2. The molecule has 0 aliphatic rings. The number of hydrogen-bond acceptors (Lipinski definition) is 3. The minimum Gasteiger partial charge on any atom is -0.458 e. The summed E-state index contributed by atoms with van der Waals surface area (Å²) in [6, 6.07) is 0. The van der Waals surface area contributed by atoms with E-state index in [2.05, 4.69) is 4.98 Å². The smallest absolute Gasteiger partial charge is 0.303 e. The van der Waals surface area contributed by atoms with E-state index in [0.29, 0.717) is 15.6 Å². The molecule has 14 heavy (non-hydrogen) atoms. The van der Waals surface area contributed by atoms with E-state index in [4.69, 9.17) is 27.9 Å². The second-order valence-electron chi connectivity index (χ2n) is 2.77. The van der Waals surface area contributed by atoms with Gasteiger partial charge in [-0.05, 0) is 6.92 Å². The van der Waals surface area contributed by atoms with Crippen LogP contribution in [0.15, 0.2) is 12.4 Å². The zero-order valence-electron chi connectivity index (χ0n) is 7.75. The van der Waals surface area contributed by atoms with Gasteiger partial charge in [-0.25, -0.2) is 0 Å². The molecule has 1 aromatic rings. The molecule has 1 rings (SSSR count). The van der Waals surface area contributed by atoms with Crippen LogP contribution in [0.4, 0.5) is 0 Å². The largest absolute Gasteiger partial charge is 0.458 e. The van der Waals surface area contributed by atoms with Crippen LogP contribution in [0.3, 0.4) is 0 Å². The van der Waals surface area contributed by atoms with Crippen LogP contribution in [0.2, 0.25) is 10.0 Å². The summed E-state index contributed by atoms with van der Waals surface area (Å²) in [6.07, 6.45) is 2.46. The van der Waals surface area contributed by atoms with Crippen molar-refractivity contribution in [2.75, 3.05) is 0 Å². The number of halogens is 2. The maximum absolute atomic E-state index is 10.7. The zero-order valence-corrected chi connectivity index (χ0v) is 9.26. The Morgan fingerprint density at radius 2 is 1.93 bits per heavy atom. The van der Waals surface area contributed by atoms with Crippen LogP contribution in [0.5, 0.6) is 0 Å². The van der Waals surface area contributed by atoms with Crippen LogP contribution in [-0.2, 0) is 9.53 Å². The molecule has 5 heteroatoms. The minimum atomic E-state index is -0.463. The van der Waals surface area contributed by atoms with Gasteiger partial charge in [0.2, 0.25) is 0 Å². The van der Waals surface area contributed by atoms with Crippen molar-refractivity contribution in [1.29, 1.82) is 0 Å². The van der Waals surface area contributed by atoms with Crippen molar-refractivity contribution in [2.45, 2.75) is 20.0 Å². The molecule has 0 saturated carbocycles. The third-order valence-electron chi connectivity index (χ3n) is 1.64. The first kappa shape index (κ1) is 11.3. The number of esters is 1. The van der Waals surface area contributed by atoms with Crippen molar-refractivity contribution in [2.24, 2.45) is 0 Å². The Hall–Kier alpha value is -0.800. The second kappa shape index (κ2) is 4.62. The highest BCUT2D eigenvalue weighted by atomic mass is 35.5. The zero-order chi connectivity index (χ0) is 10.7. The molecule has 1 aromatic heterocycles. The predicted molar refractivity (Wildman–Crippen MR) is 54.4 cm³/mol. The molecule has 0 unspecified atom stereocenters. The van der Waals surface area contributed by atoms with Gasteiger partial charge in [0.25, 0.3) is 0 Å². The minimum absolute atomic E-state index is 0.374. The topological polar surface area (TPSA) is 39.2 Å². The van der Waals surface area contributed by atoms with Gasteiger partial charge in [0.1, 0.15) is 6.10 Å². The Morgan fingerprint density at radius 3 is 2.36 bits per heavy atom. The third-order valence-corrected chi connectivity index (χ3v) is 2.24. The fourth-order valence-electron chi connectivity index (χ4n) is 1.12. The average Bonchev–Trinajstić information content (AvgIpc) is 2.01. The first-order chi connectivity index (χ1) is 6.52. The van der Waals surface area contributed by atoms with Gasteiger partial charge in [-0.2, -0.15) is 0 Å². The monoisotopic (exact) mass is 233 g/mol. The molecular formula is C9H9Cl2NO2. The van der Waals surface area contributed by atoms with Crippen molar-refractivity contribution in [3.05, 3.63) is 28.0 Å². The number of aromatic nitrogens is 1. The summed E-state index contributed by atoms with van der Waals surface area (Å²) in [7, 11) is 0. The first-order valence-electron chi connectivity index (χ1n) is 3.98. The number of nitrogens with zero attached hydrogens (tertiary/aromatic N) is 1. The van der Waals surface area contributed by atoms with Gasteiger partial charge in [-0.1, -0.05) is 23.2 Å². The van der Waals surface area contributed by atoms with Crippen LogP contribution in [0.1, 0.15) is 25.5 Å². The van der Waals surface area contributed by atoms with E-state index in [0.717, 1.165) is 0 Å². The average molecular weight is 234 g/mol. The maximum atomic E-state index is 10.7. The van der Waals surface area contributed by atoms with Crippen molar-refractivity contribution < 1.29 is 9.53 Å². The predicted octanol–water partition coefficient (Wildman–Crippen LogP) is 3.01. The van der Waals surface area contributed by atoms with Crippen LogP contribution < -0.4 is 0 Å². The lowest BCUT2D eigenvalue weighted by Gasteiger charge is -2.14. The molecule has 0 N–H and O–H groups in total. The number of ether oxygens (including phenoxy) is 1. The molecule has 0 radical (unpaired) electrons. The molecule has 0 bridgehead atoms. The Morgan fingerprint density at radius 1 is 1.43 bits per heavy atom. The van der Waals surface area contributed by atoms with E-state index in [1.807, 2.05) is 0 Å². The Labute approximate surface area is 92.0 Å². The highest BCUT2D eigenvalue weighted by Crippen LogP contribution is 2.30. The molecule has 0 fully saturated rings. The third kappa shape index (κ3) is 2.59. The summed E-state index contributed by atoms with van der Waals surface area (Å²) in [5.41, 5.74) is 0.582. The summed E-state index contributed by atoms with van der Waals surface area (Å²) >= 11 is 11.7. The van der Waals surface area contributed by atoms with Crippen molar-refractivity contribution in [3.63, 3.8) is 0 Å². The summed E-state index contributed by atoms with van der Waals surface area (Å²) in [5, 5.41) is 0.789. The SMILES string of the molecule is CC(=O)O[C@@H](C)c1c(Cl)cncc1Cl. The van der Waals surface area contributed by atoms with E-state index < -0.39 is 6.10 Å². The van der Waals surface area contributed by atoms with E-state index in [9.17, 15) is 4.79 Å². The molecule has 0 amide bonds. The van der Waals surface area contributed by atoms with Gasteiger partial charge < -0.3 is 4.74 Å². The van der Waals surface area contributed by atoms with E-state index in [1.165, 1.54) is 19.3 Å². The number of pyridine rings is 1. The summed E-state index contributed by atoms with van der Waals surface area (Å²) < 4.78 is 4.96. The van der Waals surface area contributed by atoms with Gasteiger partial charge in [0, 0.05) is 24.9 Å². The van der Waals surface area contributed by atoms with Crippen molar-refractivity contribution in [1.82, 2.24) is 4.98 Å². The van der Waals surface area contributed by atoms with Gasteiger partial charge in [0.15, 0.2) is 0 Å². The number of rotatable bonds is 2. The second-order valence-corrected chi connectivity index (χ2v) is 3.58. The van der Waals surface area contributed by atoms with Crippen molar-refractivity contribution in [3.8, 4) is 0 Å². The summed E-state index contributed by atoms with van der Waals surface area (Å²) in [6.45, 7) is 3.04. The maximum Gasteiger partial charge on any atom is 0.303 e. The molecule has 3 nitrogen and oxygen atoms in total. The Balaban J connectivity index is 2.99. The first-order valence-corrected chi connectivity index (χ1v) is 4.74. The van der Waals surface area contributed by atoms with E-state index in [-0.39, 0.29) is 5.97 Å². The molecule has 1 atom stereocenters. The number of carbonyl (C=O) groups is 1. The van der Waals surface area contributed by atoms with Gasteiger partial charge in [-0.3, -0.25) is 9.78 Å². The van der Waals surface area contributed by atoms with Gasteiger partial charge in [0.05, 0.1) is 10.0 Å². The van der Waals surface area contributed by atoms with E-state index in [1.54, 1.807) is 6.92 Å². The van der Waals surface area contributed by atoms with Gasteiger partial charge >= 0.3 is 5.97 Å². The molecule has 0 aliphatic carbocycles. The molecule has 0 saturated heterocycles. The summed E-state index contributed by atoms with van der Waals surface area (Å²) in [5.74, 6) is -0.374. The fraction of sp³-hybridized carbons (Fsp3) is 0.333. The Bertz CT molecular complexity index is 334.